The van der Waals surface area contributed by atoms with Crippen LogP contribution in [0.5, 0.6) is 5.75 Å². The fourth-order valence-electron chi connectivity index (χ4n) is 3.18. The minimum atomic E-state index is -0.870. The molecular weight excluding hydrogens is 338 g/mol. The van der Waals surface area contributed by atoms with Crippen LogP contribution >= 0.6 is 11.3 Å². The van der Waals surface area contributed by atoms with E-state index in [1.807, 2.05) is 43.3 Å². The number of rotatable bonds is 6. The summed E-state index contributed by atoms with van der Waals surface area (Å²) in [7, 11) is 0. The van der Waals surface area contributed by atoms with Crippen molar-refractivity contribution in [3.05, 3.63) is 41.3 Å². The predicted molar refractivity (Wildman–Crippen MR) is 97.2 cm³/mol. The Morgan fingerprint density at radius 1 is 1.32 bits per heavy atom. The number of ether oxygens (including phenoxy) is 1. The van der Waals surface area contributed by atoms with Gasteiger partial charge in [0.25, 0.3) is 5.91 Å². The SMILES string of the molecule is CCOc1cc(-c2ccccc2)sc1C(=O)N1CCCC1CC(=O)O. The van der Waals surface area contributed by atoms with E-state index >= 15 is 0 Å². The molecule has 1 fully saturated rings. The summed E-state index contributed by atoms with van der Waals surface area (Å²) in [4.78, 5) is 27.3. The fourth-order valence-corrected chi connectivity index (χ4v) is 4.24. The molecule has 1 aliphatic heterocycles. The number of thiophene rings is 1. The molecule has 3 rings (SSSR count). The van der Waals surface area contributed by atoms with Crippen LogP contribution in [0.4, 0.5) is 0 Å². The van der Waals surface area contributed by atoms with E-state index in [4.69, 9.17) is 9.84 Å². The largest absolute Gasteiger partial charge is 0.492 e. The molecule has 132 valence electrons. The first kappa shape index (κ1) is 17.5. The van der Waals surface area contributed by atoms with E-state index in [0.717, 1.165) is 23.3 Å². The summed E-state index contributed by atoms with van der Waals surface area (Å²) in [5.74, 6) is -0.414. The van der Waals surface area contributed by atoms with Gasteiger partial charge in [0.15, 0.2) is 0 Å². The van der Waals surface area contributed by atoms with Gasteiger partial charge in [-0.25, -0.2) is 0 Å². The molecule has 25 heavy (non-hydrogen) atoms. The summed E-state index contributed by atoms with van der Waals surface area (Å²) in [5, 5.41) is 9.08. The summed E-state index contributed by atoms with van der Waals surface area (Å²) in [6, 6.07) is 11.5. The molecule has 1 aromatic heterocycles. The van der Waals surface area contributed by atoms with Crippen LogP contribution in [0.1, 0.15) is 35.9 Å². The monoisotopic (exact) mass is 359 g/mol. The Kier molecular flexibility index (Phi) is 5.38. The van der Waals surface area contributed by atoms with Gasteiger partial charge >= 0.3 is 5.97 Å². The number of hydrogen-bond donors (Lipinski definition) is 1. The average molecular weight is 359 g/mol. The lowest BCUT2D eigenvalue weighted by atomic mass is 10.1. The molecule has 1 aromatic carbocycles. The third-order valence-electron chi connectivity index (χ3n) is 4.30. The quantitative estimate of drug-likeness (QED) is 0.850. The van der Waals surface area contributed by atoms with Crippen molar-refractivity contribution in [3.8, 4) is 16.2 Å². The zero-order valence-electron chi connectivity index (χ0n) is 14.1. The molecule has 1 saturated heterocycles. The second kappa shape index (κ2) is 7.70. The Hall–Kier alpha value is -2.34. The maximum absolute atomic E-state index is 13.0. The zero-order chi connectivity index (χ0) is 17.8. The van der Waals surface area contributed by atoms with Gasteiger partial charge in [-0.2, -0.15) is 0 Å². The molecule has 1 N–H and O–H groups in total. The topological polar surface area (TPSA) is 66.8 Å². The molecule has 0 bridgehead atoms. The van der Waals surface area contributed by atoms with Crippen molar-refractivity contribution in [3.63, 3.8) is 0 Å². The molecule has 6 heteroatoms. The second-order valence-corrected chi connectivity index (χ2v) is 7.05. The molecule has 1 unspecified atom stereocenters. The molecule has 0 radical (unpaired) electrons. The fraction of sp³-hybridized carbons (Fsp3) is 0.368. The minimum Gasteiger partial charge on any atom is -0.492 e. The Morgan fingerprint density at radius 2 is 2.08 bits per heavy atom. The van der Waals surface area contributed by atoms with Crippen LogP contribution in [0.3, 0.4) is 0 Å². The number of likely N-dealkylation sites (tertiary alicyclic amines) is 1. The minimum absolute atomic E-state index is 0.00732. The van der Waals surface area contributed by atoms with Crippen molar-refractivity contribution in [2.75, 3.05) is 13.2 Å². The molecule has 1 atom stereocenters. The number of aliphatic carboxylic acids is 1. The van der Waals surface area contributed by atoms with Gasteiger partial charge < -0.3 is 14.7 Å². The lowest BCUT2D eigenvalue weighted by Gasteiger charge is -2.23. The van der Waals surface area contributed by atoms with Crippen LogP contribution in [0.2, 0.25) is 0 Å². The highest BCUT2D eigenvalue weighted by atomic mass is 32.1. The number of nitrogens with zero attached hydrogens (tertiary/aromatic N) is 1. The van der Waals surface area contributed by atoms with Crippen molar-refractivity contribution in [2.45, 2.75) is 32.2 Å². The van der Waals surface area contributed by atoms with Gasteiger partial charge in [-0.15, -0.1) is 11.3 Å². The van der Waals surface area contributed by atoms with Gasteiger partial charge in [-0.05, 0) is 31.4 Å². The highest BCUT2D eigenvalue weighted by Crippen LogP contribution is 2.38. The average Bonchev–Trinajstić information content (AvgIpc) is 3.22. The molecule has 2 heterocycles. The lowest BCUT2D eigenvalue weighted by molar-refractivity contribution is -0.137. The van der Waals surface area contributed by atoms with Crippen molar-refractivity contribution >= 4 is 23.2 Å². The number of carboxylic acid groups (broad SMARTS) is 1. The van der Waals surface area contributed by atoms with E-state index in [1.165, 1.54) is 11.3 Å². The maximum atomic E-state index is 13.0. The molecular formula is C19H21NO4S. The normalized spacial score (nSPS) is 16.8. The first-order chi connectivity index (χ1) is 12.1. The summed E-state index contributed by atoms with van der Waals surface area (Å²) < 4.78 is 5.68. The van der Waals surface area contributed by atoms with Gasteiger partial charge in [0.2, 0.25) is 0 Å². The number of carbonyl (C=O) groups excluding carboxylic acids is 1. The Bertz CT molecular complexity index is 756. The third kappa shape index (κ3) is 3.85. The predicted octanol–water partition coefficient (Wildman–Crippen LogP) is 3.89. The molecule has 0 saturated carbocycles. The van der Waals surface area contributed by atoms with Crippen molar-refractivity contribution in [2.24, 2.45) is 0 Å². The standard InChI is InChI=1S/C19H21NO4S/c1-2-24-15-12-16(13-7-4-3-5-8-13)25-18(15)19(23)20-10-6-9-14(20)11-17(21)22/h3-5,7-8,12,14H,2,6,9-11H2,1H3,(H,21,22). The molecule has 1 aliphatic rings. The lowest BCUT2D eigenvalue weighted by Crippen LogP contribution is -2.36. The first-order valence-corrected chi connectivity index (χ1v) is 9.26. The first-order valence-electron chi connectivity index (χ1n) is 8.45. The van der Waals surface area contributed by atoms with Crippen molar-refractivity contribution < 1.29 is 19.4 Å². The maximum Gasteiger partial charge on any atom is 0.305 e. The summed E-state index contributed by atoms with van der Waals surface area (Å²) in [6.45, 7) is 2.96. The van der Waals surface area contributed by atoms with Crippen LogP contribution in [-0.2, 0) is 4.79 Å². The van der Waals surface area contributed by atoms with Crippen molar-refractivity contribution in [1.82, 2.24) is 4.90 Å². The van der Waals surface area contributed by atoms with Crippen LogP contribution in [0.15, 0.2) is 36.4 Å². The van der Waals surface area contributed by atoms with Gasteiger partial charge in [0.1, 0.15) is 10.6 Å². The van der Waals surface area contributed by atoms with Crippen LogP contribution < -0.4 is 4.74 Å². The van der Waals surface area contributed by atoms with Gasteiger partial charge in [-0.3, -0.25) is 9.59 Å². The zero-order valence-corrected chi connectivity index (χ0v) is 14.9. The molecule has 1 amide bonds. The van der Waals surface area contributed by atoms with Crippen LogP contribution in [0, 0.1) is 0 Å². The van der Waals surface area contributed by atoms with E-state index < -0.39 is 5.97 Å². The highest BCUT2D eigenvalue weighted by molar-refractivity contribution is 7.17. The van der Waals surface area contributed by atoms with Crippen molar-refractivity contribution in [1.29, 1.82) is 0 Å². The molecule has 0 spiro atoms. The molecule has 5 nitrogen and oxygen atoms in total. The second-order valence-electron chi connectivity index (χ2n) is 6.00. The van der Waals surface area contributed by atoms with E-state index in [0.29, 0.717) is 23.8 Å². The summed E-state index contributed by atoms with van der Waals surface area (Å²) in [6.07, 6.45) is 1.57. The summed E-state index contributed by atoms with van der Waals surface area (Å²) >= 11 is 1.40. The third-order valence-corrected chi connectivity index (χ3v) is 5.45. The van der Waals surface area contributed by atoms with Gasteiger partial charge in [-0.1, -0.05) is 30.3 Å². The number of benzene rings is 1. The highest BCUT2D eigenvalue weighted by Gasteiger charge is 2.33. The van der Waals surface area contributed by atoms with E-state index in [1.54, 1.807) is 4.90 Å². The van der Waals surface area contributed by atoms with Crippen LogP contribution in [0.25, 0.3) is 10.4 Å². The van der Waals surface area contributed by atoms with E-state index in [-0.39, 0.29) is 18.4 Å². The van der Waals surface area contributed by atoms with Crippen LogP contribution in [-0.4, -0.2) is 41.1 Å². The molecule has 0 aliphatic carbocycles. The smallest absolute Gasteiger partial charge is 0.305 e. The number of carboxylic acids is 1. The Balaban J connectivity index is 1.91. The van der Waals surface area contributed by atoms with E-state index in [2.05, 4.69) is 0 Å². The number of carbonyl (C=O) groups is 2. The Labute approximate surface area is 150 Å². The number of hydrogen-bond acceptors (Lipinski definition) is 4. The Morgan fingerprint density at radius 3 is 2.76 bits per heavy atom. The number of amides is 1. The molecule has 2 aromatic rings. The van der Waals surface area contributed by atoms with Gasteiger partial charge in [0, 0.05) is 17.5 Å². The van der Waals surface area contributed by atoms with Gasteiger partial charge in [0.05, 0.1) is 13.0 Å². The summed E-state index contributed by atoms with van der Waals surface area (Å²) in [5.41, 5.74) is 1.04. The van der Waals surface area contributed by atoms with E-state index in [9.17, 15) is 9.59 Å².